The van der Waals surface area contributed by atoms with Gasteiger partial charge >= 0.3 is 0 Å². The first-order valence-corrected chi connectivity index (χ1v) is 14.1. The average Bonchev–Trinajstić information content (AvgIpc) is 2.87. The Morgan fingerprint density at radius 1 is 0.727 bits per heavy atom. The van der Waals surface area contributed by atoms with Crippen molar-refractivity contribution in [3.8, 4) is 0 Å². The third-order valence-electron chi connectivity index (χ3n) is 6.23. The molecule has 0 saturated carbocycles. The Hall–Kier alpha value is -2.41. The first kappa shape index (κ1) is 25.2. The quantitative estimate of drug-likeness (QED) is 0.216. The van der Waals surface area contributed by atoms with Crippen molar-refractivity contribution < 1.29 is 9.67 Å². The first-order valence-electron chi connectivity index (χ1n) is 12.3. The van der Waals surface area contributed by atoms with Crippen LogP contribution in [0.5, 0.6) is 0 Å². The van der Waals surface area contributed by atoms with E-state index in [0.717, 1.165) is 29.0 Å². The number of hydrogen-bond acceptors (Lipinski definition) is 2. The summed E-state index contributed by atoms with van der Waals surface area (Å²) in [5.74, 6) is 0. The van der Waals surface area contributed by atoms with Gasteiger partial charge in [-0.3, -0.25) is 0 Å². The number of unbranched alkanes of at least 4 members (excludes halogenated alkanes) is 5. The molecule has 2 atom stereocenters. The zero-order valence-corrected chi connectivity index (χ0v) is 20.6. The fourth-order valence-corrected chi connectivity index (χ4v) is 7.54. The molecule has 0 saturated heterocycles. The van der Waals surface area contributed by atoms with Gasteiger partial charge in [-0.25, -0.2) is 0 Å². The molecular formula is C30H37O2P. The summed E-state index contributed by atoms with van der Waals surface area (Å²) in [6, 6.07) is 29.4. The molecule has 0 aliphatic heterocycles. The van der Waals surface area contributed by atoms with Gasteiger partial charge in [0.1, 0.15) is 0 Å². The van der Waals surface area contributed by atoms with E-state index in [1.807, 2.05) is 103 Å². The molecule has 3 heteroatoms. The summed E-state index contributed by atoms with van der Waals surface area (Å²) >= 11 is 0. The standard InChI is InChI=1S/C30H37O2P/c1-2-3-4-5-6-16-23-29(31)30(25-24-26-17-10-7-11-18-26)33(32,27-19-12-8-13-20-27)28-21-14-9-15-22-28/h7-15,17-22,24-25,29-31H,2-6,16,23H2,1H3/b25-24+/t29-,30+/m0/s1. The van der Waals surface area contributed by atoms with E-state index in [2.05, 4.69) is 6.92 Å². The van der Waals surface area contributed by atoms with Crippen molar-refractivity contribution in [2.24, 2.45) is 0 Å². The molecule has 2 nitrogen and oxygen atoms in total. The lowest BCUT2D eigenvalue weighted by Gasteiger charge is -2.30. The molecule has 174 valence electrons. The number of benzene rings is 3. The van der Waals surface area contributed by atoms with E-state index in [4.69, 9.17) is 0 Å². The molecule has 0 amide bonds. The summed E-state index contributed by atoms with van der Waals surface area (Å²) in [6.07, 6.45) is 11.0. The van der Waals surface area contributed by atoms with Gasteiger partial charge in [-0.1, -0.05) is 149 Å². The predicted octanol–water partition coefficient (Wildman–Crippen LogP) is 7.19. The molecule has 0 aliphatic carbocycles. The normalized spacial score (nSPS) is 13.8. The van der Waals surface area contributed by atoms with Crippen LogP contribution in [-0.2, 0) is 4.57 Å². The molecule has 3 aromatic rings. The fourth-order valence-electron chi connectivity index (χ4n) is 4.36. The van der Waals surface area contributed by atoms with Gasteiger partial charge in [0.2, 0.25) is 0 Å². The van der Waals surface area contributed by atoms with E-state index >= 15 is 0 Å². The minimum atomic E-state index is -3.13. The van der Waals surface area contributed by atoms with Crippen LogP contribution in [0.4, 0.5) is 0 Å². The molecule has 0 fully saturated rings. The van der Waals surface area contributed by atoms with Crippen LogP contribution in [0.25, 0.3) is 6.08 Å². The van der Waals surface area contributed by atoms with Crippen molar-refractivity contribution in [3.63, 3.8) is 0 Å². The Bertz CT molecular complexity index is 956. The van der Waals surface area contributed by atoms with Gasteiger partial charge in [-0.15, -0.1) is 0 Å². The van der Waals surface area contributed by atoms with Gasteiger partial charge in [0.25, 0.3) is 0 Å². The smallest absolute Gasteiger partial charge is 0.152 e. The highest BCUT2D eigenvalue weighted by Crippen LogP contribution is 2.51. The number of hydrogen-bond donors (Lipinski definition) is 1. The predicted molar refractivity (Wildman–Crippen MR) is 143 cm³/mol. The van der Waals surface area contributed by atoms with E-state index in [9.17, 15) is 9.67 Å². The molecule has 1 N–H and O–H groups in total. The van der Waals surface area contributed by atoms with E-state index in [1.165, 1.54) is 25.7 Å². The van der Waals surface area contributed by atoms with Crippen LogP contribution in [0.1, 0.15) is 57.4 Å². The summed E-state index contributed by atoms with van der Waals surface area (Å²) in [5, 5.41) is 13.0. The summed E-state index contributed by atoms with van der Waals surface area (Å²) in [6.45, 7) is 2.22. The minimum absolute atomic E-state index is 0.488. The molecule has 0 aliphatic rings. The van der Waals surface area contributed by atoms with Crippen molar-refractivity contribution in [2.75, 3.05) is 0 Å². The second-order valence-electron chi connectivity index (χ2n) is 8.71. The molecule has 0 aromatic heterocycles. The molecule has 33 heavy (non-hydrogen) atoms. The van der Waals surface area contributed by atoms with Crippen molar-refractivity contribution in [1.29, 1.82) is 0 Å². The van der Waals surface area contributed by atoms with Crippen LogP contribution >= 0.6 is 7.14 Å². The Balaban J connectivity index is 1.94. The highest BCUT2D eigenvalue weighted by atomic mass is 31.2. The maximum Gasteiger partial charge on any atom is 0.152 e. The lowest BCUT2D eigenvalue weighted by atomic mass is 10.0. The number of aliphatic hydroxyl groups excluding tert-OH is 1. The van der Waals surface area contributed by atoms with Crippen molar-refractivity contribution in [2.45, 2.75) is 63.6 Å². The summed E-state index contributed by atoms with van der Waals surface area (Å²) in [7, 11) is -3.13. The third kappa shape index (κ3) is 7.03. The van der Waals surface area contributed by atoms with Crippen LogP contribution in [0.2, 0.25) is 0 Å². The summed E-state index contributed by atoms with van der Waals surface area (Å²) < 4.78 is 14.9. The average molecular weight is 461 g/mol. The minimum Gasteiger partial charge on any atom is -0.392 e. The summed E-state index contributed by atoms with van der Waals surface area (Å²) in [4.78, 5) is 0. The second-order valence-corrected chi connectivity index (χ2v) is 11.7. The Labute approximate surface area is 199 Å². The van der Waals surface area contributed by atoms with Crippen LogP contribution in [0.15, 0.2) is 97.1 Å². The van der Waals surface area contributed by atoms with Crippen molar-refractivity contribution >= 4 is 23.8 Å². The molecule has 0 unspecified atom stereocenters. The molecule has 0 radical (unpaired) electrons. The number of rotatable bonds is 13. The lowest BCUT2D eigenvalue weighted by Crippen LogP contribution is -2.33. The van der Waals surface area contributed by atoms with Gasteiger partial charge in [-0.05, 0) is 12.0 Å². The van der Waals surface area contributed by atoms with Gasteiger partial charge in [-0.2, -0.15) is 0 Å². The molecule has 3 rings (SSSR count). The topological polar surface area (TPSA) is 37.3 Å². The van der Waals surface area contributed by atoms with Gasteiger partial charge < -0.3 is 9.67 Å². The van der Waals surface area contributed by atoms with Crippen LogP contribution in [0, 0.1) is 0 Å². The highest BCUT2D eigenvalue weighted by molar-refractivity contribution is 7.79. The van der Waals surface area contributed by atoms with Crippen molar-refractivity contribution in [1.82, 2.24) is 0 Å². The SMILES string of the molecule is CCCCCCCC[C@H](O)[C@@H](/C=C/c1ccccc1)P(=O)(c1ccccc1)c1ccccc1. The van der Waals surface area contributed by atoms with Crippen LogP contribution in [0.3, 0.4) is 0 Å². The van der Waals surface area contributed by atoms with E-state index < -0.39 is 18.9 Å². The molecule has 0 bridgehead atoms. The molecule has 3 aromatic carbocycles. The van der Waals surface area contributed by atoms with Gasteiger partial charge in [0.15, 0.2) is 7.14 Å². The Kier molecular flexibility index (Phi) is 10.2. The van der Waals surface area contributed by atoms with Gasteiger partial charge in [0.05, 0.1) is 11.8 Å². The maximum absolute atomic E-state index is 14.9. The molecular weight excluding hydrogens is 423 g/mol. The van der Waals surface area contributed by atoms with E-state index in [0.29, 0.717) is 6.42 Å². The lowest BCUT2D eigenvalue weighted by molar-refractivity contribution is 0.166. The van der Waals surface area contributed by atoms with Gasteiger partial charge in [0, 0.05) is 10.6 Å². The Morgan fingerprint density at radius 2 is 1.21 bits per heavy atom. The fraction of sp³-hybridized carbons (Fsp3) is 0.333. The summed E-state index contributed by atoms with van der Waals surface area (Å²) in [5.41, 5.74) is 0.556. The van der Waals surface area contributed by atoms with Crippen LogP contribution in [-0.4, -0.2) is 16.9 Å². The monoisotopic (exact) mass is 460 g/mol. The maximum atomic E-state index is 14.9. The number of aliphatic hydroxyl groups is 1. The third-order valence-corrected chi connectivity index (χ3v) is 9.72. The first-order chi connectivity index (χ1) is 16.2. The second kappa shape index (κ2) is 13.3. The zero-order valence-electron chi connectivity index (χ0n) is 19.7. The van der Waals surface area contributed by atoms with Crippen LogP contribution < -0.4 is 10.6 Å². The highest BCUT2D eigenvalue weighted by Gasteiger charge is 2.39. The molecule has 0 spiro atoms. The largest absolute Gasteiger partial charge is 0.392 e. The van der Waals surface area contributed by atoms with E-state index in [1.54, 1.807) is 0 Å². The van der Waals surface area contributed by atoms with Crippen molar-refractivity contribution in [3.05, 3.63) is 103 Å². The van der Waals surface area contributed by atoms with E-state index in [-0.39, 0.29) is 0 Å². The molecule has 0 heterocycles. The zero-order chi connectivity index (χ0) is 23.4. The Morgan fingerprint density at radius 3 is 1.76 bits per heavy atom.